The number of allylic oxidation sites excluding steroid dienone is 6. The molecule has 0 radical (unpaired) electrons. The van der Waals surface area contributed by atoms with Crippen LogP contribution >= 0.6 is 0 Å². The molecule has 0 amide bonds. The van der Waals surface area contributed by atoms with Crippen molar-refractivity contribution in [2.75, 3.05) is 7.11 Å². The van der Waals surface area contributed by atoms with Crippen molar-refractivity contribution < 1.29 is 14.3 Å². The molecule has 0 aliphatic heterocycles. The fourth-order valence-electron chi connectivity index (χ4n) is 13.8. The van der Waals surface area contributed by atoms with Crippen LogP contribution < -0.4 is 0 Å². The fourth-order valence-corrected chi connectivity index (χ4v) is 13.8. The molecule has 5 aliphatic carbocycles. The van der Waals surface area contributed by atoms with Gasteiger partial charge < -0.3 is 9.53 Å². The van der Waals surface area contributed by atoms with E-state index in [0.717, 1.165) is 63.4 Å². The van der Waals surface area contributed by atoms with Gasteiger partial charge in [-0.15, -0.1) is 19.7 Å². The number of esters is 1. The van der Waals surface area contributed by atoms with Gasteiger partial charge in [0.05, 0.1) is 12.7 Å². The number of ether oxygens (including phenoxy) is 1. The molecule has 0 aromatic heterocycles. The molecule has 0 saturated heterocycles. The van der Waals surface area contributed by atoms with Crippen LogP contribution in [0.4, 0.5) is 0 Å². The molecule has 3 heteroatoms. The Labute approximate surface area is 278 Å². The van der Waals surface area contributed by atoms with Crippen LogP contribution in [0.5, 0.6) is 0 Å². The highest BCUT2D eigenvalue weighted by molar-refractivity contribution is 5.90. The highest BCUT2D eigenvalue weighted by Crippen LogP contribution is 2.83. The number of benzene rings is 1. The lowest BCUT2D eigenvalue weighted by Crippen LogP contribution is -2.71. The van der Waals surface area contributed by atoms with E-state index in [4.69, 9.17) is 11.3 Å². The first-order valence-electron chi connectivity index (χ1n) is 17.6. The lowest BCUT2D eigenvalue weighted by Gasteiger charge is -2.77. The summed E-state index contributed by atoms with van der Waals surface area (Å²) in [5.74, 6) is 0.873. The third kappa shape index (κ3) is 3.51. The summed E-state index contributed by atoms with van der Waals surface area (Å²) in [6, 6.07) is 7.93. The predicted molar refractivity (Wildman–Crippen MR) is 189 cm³/mol. The predicted octanol–water partition coefficient (Wildman–Crippen LogP) is 10.6. The van der Waals surface area contributed by atoms with Crippen molar-refractivity contribution in [3.63, 3.8) is 0 Å². The van der Waals surface area contributed by atoms with Gasteiger partial charge in [-0.2, -0.15) is 0 Å². The first-order valence-corrected chi connectivity index (χ1v) is 17.6. The minimum absolute atomic E-state index is 0.0236. The van der Waals surface area contributed by atoms with Gasteiger partial charge in [0.15, 0.2) is 0 Å². The minimum atomic E-state index is -0.332. The number of hydrogen-bond donors (Lipinski definition) is 0. The molecule has 3 unspecified atom stereocenters. The summed E-state index contributed by atoms with van der Waals surface area (Å²) in [5.41, 5.74) is 3.13. The van der Waals surface area contributed by atoms with Gasteiger partial charge in [0.25, 0.3) is 0 Å². The monoisotopic (exact) mass is 620 g/mol. The van der Waals surface area contributed by atoms with E-state index in [9.17, 15) is 9.59 Å². The second-order valence-electron chi connectivity index (χ2n) is 16.8. The number of carbonyl (C=O) groups excluding carboxylic acids is 2. The Balaban J connectivity index is 1.48. The van der Waals surface area contributed by atoms with Crippen molar-refractivity contribution in [1.29, 1.82) is 0 Å². The summed E-state index contributed by atoms with van der Waals surface area (Å²) < 4.78 is 4.96. The highest BCUT2D eigenvalue weighted by Gasteiger charge is 2.77. The van der Waals surface area contributed by atoms with Gasteiger partial charge in [-0.05, 0) is 122 Å². The summed E-state index contributed by atoms with van der Waals surface area (Å²) in [4.78, 5) is 25.3. The van der Waals surface area contributed by atoms with E-state index in [0.29, 0.717) is 23.3 Å². The Kier molecular flexibility index (Phi) is 7.55. The number of rotatable bonds is 7. The molecule has 3 nitrogen and oxygen atoms in total. The normalized spacial score (nSPS) is 43.8. The Bertz CT molecular complexity index is 1530. The molecule has 5 aliphatic rings. The van der Waals surface area contributed by atoms with E-state index in [1.807, 2.05) is 12.1 Å². The minimum Gasteiger partial charge on any atom is -0.465 e. The summed E-state index contributed by atoms with van der Waals surface area (Å²) in [6.45, 7) is 30.5. The van der Waals surface area contributed by atoms with Crippen LogP contribution in [0.25, 0.3) is 5.57 Å². The van der Waals surface area contributed by atoms with Gasteiger partial charge in [-0.25, -0.2) is 4.79 Å². The van der Waals surface area contributed by atoms with E-state index in [2.05, 4.69) is 90.8 Å². The number of hydrogen-bond acceptors (Lipinski definition) is 3. The summed E-state index contributed by atoms with van der Waals surface area (Å²) in [6.07, 6.45) is 20.0. The average Bonchev–Trinajstić information content (AvgIpc) is 3.41. The van der Waals surface area contributed by atoms with Gasteiger partial charge in [-0.3, -0.25) is 0 Å². The molecule has 4 saturated carbocycles. The zero-order chi connectivity index (χ0) is 33.6. The molecular weight excluding hydrogens is 564 g/mol. The molecular formula is C43H56O3. The van der Waals surface area contributed by atoms with Crippen LogP contribution in [0.15, 0.2) is 80.5 Å². The standard InChI is InChI=1S/C43H56O3/c1-11-41-27-26-38(8)34-20-24-40(28-44)23-19-32(29(4)5)43(40,13-3)35(34)21-25-42(38,12-2)39(41,9)22-18-33(37(41,6)7)30-14-16-31(17-15-30)36(45)46-10/h11-18,28,32,34-35H,1-4,19-27H2,5-10H3/t32-,34?,35-,38-,39-,40?,41?,42-,43+/m0/s1. The largest absolute Gasteiger partial charge is 0.465 e. The smallest absolute Gasteiger partial charge is 0.337 e. The maximum Gasteiger partial charge on any atom is 0.337 e. The third-order valence-electron chi connectivity index (χ3n) is 16.0. The second-order valence-corrected chi connectivity index (χ2v) is 16.8. The van der Waals surface area contributed by atoms with Gasteiger partial charge in [0.2, 0.25) is 0 Å². The number of carbonyl (C=O) groups is 2. The molecule has 1 aromatic carbocycles. The maximum atomic E-state index is 13.1. The molecule has 0 bridgehead atoms. The van der Waals surface area contributed by atoms with Crippen LogP contribution in [0.2, 0.25) is 0 Å². The molecule has 246 valence electrons. The van der Waals surface area contributed by atoms with Crippen molar-refractivity contribution in [3.05, 3.63) is 91.6 Å². The SMILES string of the molecule is C=CC12CC[C@@]3(C)C4CCC5(C=O)CC[C@@H](C(=C)C)[C@]5(C=C)[C@H]4CC[C@]3(C=C)[C@@]1(C)CC=C(c1ccc(C(=O)OC)cc1)C2(C)C. The van der Waals surface area contributed by atoms with Crippen LogP contribution in [0, 0.1) is 55.7 Å². The molecule has 0 heterocycles. The average molecular weight is 621 g/mol. The Morgan fingerprint density at radius 2 is 1.48 bits per heavy atom. The van der Waals surface area contributed by atoms with Crippen molar-refractivity contribution in [1.82, 2.24) is 0 Å². The van der Waals surface area contributed by atoms with Crippen LogP contribution in [0.3, 0.4) is 0 Å². The molecule has 6 rings (SSSR count). The topological polar surface area (TPSA) is 43.4 Å². The second kappa shape index (κ2) is 10.5. The Morgan fingerprint density at radius 1 is 0.848 bits per heavy atom. The van der Waals surface area contributed by atoms with Crippen molar-refractivity contribution in [3.8, 4) is 0 Å². The number of methoxy groups -OCH3 is 1. The number of aldehydes is 1. The third-order valence-corrected chi connectivity index (χ3v) is 16.0. The van der Waals surface area contributed by atoms with Gasteiger partial charge in [0, 0.05) is 21.7 Å². The van der Waals surface area contributed by atoms with E-state index >= 15 is 0 Å². The van der Waals surface area contributed by atoms with E-state index in [1.54, 1.807) is 0 Å². The maximum absolute atomic E-state index is 13.1. The van der Waals surface area contributed by atoms with Crippen LogP contribution in [0.1, 0.15) is 108 Å². The zero-order valence-electron chi connectivity index (χ0n) is 29.3. The molecule has 46 heavy (non-hydrogen) atoms. The van der Waals surface area contributed by atoms with Crippen LogP contribution in [-0.4, -0.2) is 19.4 Å². The first kappa shape index (κ1) is 33.0. The van der Waals surface area contributed by atoms with E-state index < -0.39 is 0 Å². The quantitative estimate of drug-likeness (QED) is 0.173. The van der Waals surface area contributed by atoms with Crippen molar-refractivity contribution >= 4 is 17.8 Å². The summed E-state index contributed by atoms with van der Waals surface area (Å²) in [5, 5.41) is 0. The lowest BCUT2D eigenvalue weighted by molar-refractivity contribution is -0.248. The van der Waals surface area contributed by atoms with Gasteiger partial charge in [0.1, 0.15) is 6.29 Å². The molecule has 4 fully saturated rings. The fraction of sp³-hybridized carbons (Fsp3) is 0.581. The molecule has 1 aromatic rings. The van der Waals surface area contributed by atoms with E-state index in [-0.39, 0.29) is 43.9 Å². The van der Waals surface area contributed by atoms with Crippen LogP contribution in [-0.2, 0) is 9.53 Å². The Hall–Kier alpha value is -2.94. The van der Waals surface area contributed by atoms with Gasteiger partial charge >= 0.3 is 5.97 Å². The molecule has 0 spiro atoms. The summed E-state index contributed by atoms with van der Waals surface area (Å²) >= 11 is 0. The first-order chi connectivity index (χ1) is 21.7. The zero-order valence-corrected chi connectivity index (χ0v) is 29.3. The molecule has 0 N–H and O–H groups in total. The van der Waals surface area contributed by atoms with Gasteiger partial charge in [-0.1, -0.05) is 76.3 Å². The van der Waals surface area contributed by atoms with Crippen molar-refractivity contribution in [2.45, 2.75) is 92.4 Å². The Morgan fingerprint density at radius 3 is 2.04 bits per heavy atom. The highest BCUT2D eigenvalue weighted by atomic mass is 16.5. The number of fused-ring (bicyclic) bond motifs is 7. The summed E-state index contributed by atoms with van der Waals surface area (Å²) in [7, 11) is 1.42. The molecule has 9 atom stereocenters. The van der Waals surface area contributed by atoms with Crippen molar-refractivity contribution in [2.24, 2.45) is 55.7 Å². The lowest BCUT2D eigenvalue weighted by atomic mass is 9.26. The van der Waals surface area contributed by atoms with E-state index in [1.165, 1.54) is 24.5 Å².